The van der Waals surface area contributed by atoms with Gasteiger partial charge in [-0.25, -0.2) is 9.74 Å². The van der Waals surface area contributed by atoms with E-state index in [9.17, 15) is 10.1 Å². The number of carbonyl (C=O) groups is 2. The predicted octanol–water partition coefficient (Wildman–Crippen LogP) is 12.7. The number of hydrogen-bond donors (Lipinski definition) is 0. The molecule has 0 aliphatic carbocycles. The van der Waals surface area contributed by atoms with Gasteiger partial charge in [0, 0.05) is 21.9 Å². The van der Waals surface area contributed by atoms with Crippen molar-refractivity contribution in [3.8, 4) is 56.3 Å². The quantitative estimate of drug-likeness (QED) is 0.126. The number of aromatic nitrogens is 1. The maximum Gasteiger partial charge on any atom is 0.268 e. The highest BCUT2D eigenvalue weighted by Gasteiger charge is 2.40. The van der Waals surface area contributed by atoms with Crippen molar-refractivity contribution in [2.45, 2.75) is 0 Å². The van der Waals surface area contributed by atoms with Gasteiger partial charge < -0.3 is 4.57 Å². The third kappa shape index (κ3) is 5.25. The Bertz CT molecular complexity index is 3130. The number of para-hydroxylation sites is 1. The van der Waals surface area contributed by atoms with E-state index in [-0.39, 0.29) is 0 Å². The minimum absolute atomic E-state index is 0.298. The maximum absolute atomic E-state index is 15.1. The highest BCUT2D eigenvalue weighted by Crippen LogP contribution is 2.47. The molecule has 0 saturated heterocycles. The number of amides is 2. The van der Waals surface area contributed by atoms with E-state index in [0.717, 1.165) is 66.3 Å². The van der Waals surface area contributed by atoms with E-state index >= 15 is 4.79 Å². The summed E-state index contributed by atoms with van der Waals surface area (Å²) in [5, 5.41) is 12.0. The molecule has 6 nitrogen and oxygen atoms in total. The first-order chi connectivity index (χ1) is 28.6. The molecule has 2 heterocycles. The minimum Gasteiger partial charge on any atom is -0.308 e. The molecule has 270 valence electrons. The van der Waals surface area contributed by atoms with Gasteiger partial charge in [-0.15, -0.1) is 0 Å². The summed E-state index contributed by atoms with van der Waals surface area (Å²) in [5.41, 5.74) is 11.1. The highest BCUT2D eigenvalue weighted by molar-refractivity contribution is 6.36. The van der Waals surface area contributed by atoms with Crippen LogP contribution in [0, 0.1) is 17.9 Å². The molecule has 6 heteroatoms. The van der Waals surface area contributed by atoms with Crippen LogP contribution in [0.3, 0.4) is 0 Å². The Kier molecular flexibility index (Phi) is 8.11. The van der Waals surface area contributed by atoms with E-state index in [2.05, 4.69) is 15.5 Å². The Balaban J connectivity index is 1.23. The van der Waals surface area contributed by atoms with Crippen molar-refractivity contribution < 1.29 is 9.59 Å². The Hall–Kier alpha value is -8.32. The Morgan fingerprint density at radius 3 is 1.72 bits per heavy atom. The second kappa shape index (κ2) is 13.8. The molecule has 0 radical (unpaired) electrons. The van der Waals surface area contributed by atoms with E-state index in [4.69, 9.17) is 6.57 Å². The number of rotatable bonds is 6. The Labute approximate surface area is 334 Å². The zero-order valence-corrected chi connectivity index (χ0v) is 30.9. The molecule has 2 amide bonds. The van der Waals surface area contributed by atoms with E-state index in [1.807, 2.05) is 176 Å². The summed E-state index contributed by atoms with van der Waals surface area (Å²) in [4.78, 5) is 34.9. The van der Waals surface area contributed by atoms with Crippen LogP contribution in [0.4, 0.5) is 11.4 Å². The lowest BCUT2D eigenvalue weighted by Crippen LogP contribution is -2.30. The summed E-state index contributed by atoms with van der Waals surface area (Å²) >= 11 is 0. The van der Waals surface area contributed by atoms with Crippen molar-refractivity contribution in [2.75, 3.05) is 4.90 Å². The van der Waals surface area contributed by atoms with Crippen LogP contribution in [-0.2, 0) is 0 Å². The first kappa shape index (κ1) is 34.2. The molecule has 0 bridgehead atoms. The van der Waals surface area contributed by atoms with Crippen molar-refractivity contribution in [3.05, 3.63) is 210 Å². The van der Waals surface area contributed by atoms with Crippen molar-refractivity contribution in [1.82, 2.24) is 4.57 Å². The van der Waals surface area contributed by atoms with Crippen LogP contribution in [0.5, 0.6) is 0 Å². The van der Waals surface area contributed by atoms with Gasteiger partial charge in [0.2, 0.25) is 0 Å². The Morgan fingerprint density at radius 1 is 0.466 bits per heavy atom. The fourth-order valence-corrected chi connectivity index (χ4v) is 8.49. The molecule has 0 atom stereocenters. The molecule has 1 aromatic heterocycles. The molecule has 0 saturated carbocycles. The zero-order chi connectivity index (χ0) is 39.3. The van der Waals surface area contributed by atoms with Crippen molar-refractivity contribution in [2.24, 2.45) is 0 Å². The molecule has 8 aromatic carbocycles. The van der Waals surface area contributed by atoms with Crippen molar-refractivity contribution in [3.63, 3.8) is 0 Å². The van der Waals surface area contributed by atoms with Gasteiger partial charge >= 0.3 is 0 Å². The van der Waals surface area contributed by atoms with E-state index in [1.165, 1.54) is 4.90 Å². The molecule has 9 aromatic rings. The third-order valence-electron chi connectivity index (χ3n) is 11.0. The standard InChI is InChI=1S/C52H30N4O2/c1-54-43-25-11-10-21-38(43)40-23-13-27-46-49(40)48-39(37-20-9-8-19-36(37)32-53)22-12-26-45(48)55(46)47-28-14-24-41-50(47)52(58)56(51(41)57)44-30-29-35(33-15-4-2-5-16-33)31-42(44)34-17-6-3-7-18-34/h2-31H. The average molecular weight is 743 g/mol. The van der Waals surface area contributed by atoms with E-state index < -0.39 is 11.8 Å². The predicted molar refractivity (Wildman–Crippen MR) is 231 cm³/mol. The molecule has 0 spiro atoms. The first-order valence-electron chi connectivity index (χ1n) is 18.9. The second-order valence-corrected chi connectivity index (χ2v) is 14.1. The summed E-state index contributed by atoms with van der Waals surface area (Å²) in [6.45, 7) is 8.02. The molecule has 0 N–H and O–H groups in total. The lowest BCUT2D eigenvalue weighted by molar-refractivity contribution is 0.0926. The van der Waals surface area contributed by atoms with Crippen LogP contribution < -0.4 is 4.90 Å². The summed E-state index contributed by atoms with van der Waals surface area (Å²) in [5.74, 6) is -0.821. The molecule has 10 rings (SSSR count). The van der Waals surface area contributed by atoms with Crippen LogP contribution in [0.2, 0.25) is 0 Å². The Morgan fingerprint density at radius 2 is 1.03 bits per heavy atom. The number of imide groups is 1. The largest absolute Gasteiger partial charge is 0.308 e. The number of nitrogens with zero attached hydrogens (tertiary/aromatic N) is 4. The zero-order valence-electron chi connectivity index (χ0n) is 30.9. The van der Waals surface area contributed by atoms with Gasteiger partial charge in [0.1, 0.15) is 0 Å². The number of hydrogen-bond acceptors (Lipinski definition) is 3. The number of anilines is 1. The molecule has 1 aliphatic rings. The van der Waals surface area contributed by atoms with Gasteiger partial charge in [-0.3, -0.25) is 9.59 Å². The van der Waals surface area contributed by atoms with E-state index in [1.54, 1.807) is 6.07 Å². The minimum atomic E-state index is -0.421. The third-order valence-corrected chi connectivity index (χ3v) is 11.0. The lowest BCUT2D eigenvalue weighted by atomic mass is 9.92. The normalized spacial score (nSPS) is 12.1. The maximum atomic E-state index is 15.1. The number of benzene rings is 8. The summed E-state index contributed by atoms with van der Waals surface area (Å²) < 4.78 is 2.05. The van der Waals surface area contributed by atoms with Crippen LogP contribution in [0.25, 0.3) is 76.8 Å². The number of carbonyl (C=O) groups excluding carboxylic acids is 2. The van der Waals surface area contributed by atoms with Gasteiger partial charge in [0.15, 0.2) is 5.69 Å². The van der Waals surface area contributed by atoms with Crippen LogP contribution in [0.15, 0.2) is 182 Å². The van der Waals surface area contributed by atoms with Crippen LogP contribution in [-0.4, -0.2) is 16.4 Å². The van der Waals surface area contributed by atoms with Crippen LogP contribution >= 0.6 is 0 Å². The van der Waals surface area contributed by atoms with Crippen LogP contribution in [0.1, 0.15) is 26.3 Å². The summed E-state index contributed by atoms with van der Waals surface area (Å²) in [6, 6.07) is 60.5. The van der Waals surface area contributed by atoms with Crippen molar-refractivity contribution in [1.29, 1.82) is 5.26 Å². The summed E-state index contributed by atoms with van der Waals surface area (Å²) in [6.07, 6.45) is 0. The van der Waals surface area contributed by atoms with Gasteiger partial charge in [-0.1, -0.05) is 140 Å². The van der Waals surface area contributed by atoms with Gasteiger partial charge in [0.05, 0.1) is 51.7 Å². The number of fused-ring (bicyclic) bond motifs is 4. The topological polar surface area (TPSA) is 70.5 Å². The fourth-order valence-electron chi connectivity index (χ4n) is 8.49. The first-order valence-corrected chi connectivity index (χ1v) is 18.9. The molecular formula is C52H30N4O2. The average Bonchev–Trinajstić information content (AvgIpc) is 3.77. The molecule has 0 fully saturated rings. The molecule has 58 heavy (non-hydrogen) atoms. The van der Waals surface area contributed by atoms with E-state index in [0.29, 0.717) is 33.8 Å². The second-order valence-electron chi connectivity index (χ2n) is 14.1. The van der Waals surface area contributed by atoms with Crippen molar-refractivity contribution >= 4 is 45.0 Å². The smallest absolute Gasteiger partial charge is 0.268 e. The number of nitriles is 1. The SMILES string of the molecule is [C-]#[N+]c1ccccc1-c1cccc2c1c1c(-c3ccccc3C#N)cccc1n2-c1cccc2c1C(=O)N(c1ccc(-c3ccccc3)cc1-c1ccccc1)C2=O. The molecular weight excluding hydrogens is 713 g/mol. The highest BCUT2D eigenvalue weighted by atomic mass is 16.2. The lowest BCUT2D eigenvalue weighted by Gasteiger charge is -2.20. The monoisotopic (exact) mass is 742 g/mol. The summed E-state index contributed by atoms with van der Waals surface area (Å²) in [7, 11) is 0. The van der Waals surface area contributed by atoms with Gasteiger partial charge in [0.25, 0.3) is 11.8 Å². The fraction of sp³-hybridized carbons (Fsp3) is 0. The van der Waals surface area contributed by atoms with Gasteiger partial charge in [-0.05, 0) is 75.8 Å². The molecule has 1 aliphatic heterocycles. The molecule has 0 unspecified atom stereocenters. The van der Waals surface area contributed by atoms with Gasteiger partial charge in [-0.2, -0.15) is 5.26 Å².